The molecule has 0 aromatic heterocycles. The lowest BCUT2D eigenvalue weighted by molar-refractivity contribution is 0.102. The summed E-state index contributed by atoms with van der Waals surface area (Å²) in [5.74, 6) is 0.924. The molecular formula is C20H24N2O5S. The van der Waals surface area contributed by atoms with E-state index in [0.717, 1.165) is 0 Å². The van der Waals surface area contributed by atoms with Gasteiger partial charge in [-0.05, 0) is 41.8 Å². The summed E-state index contributed by atoms with van der Waals surface area (Å²) in [6.07, 6.45) is 0. The van der Waals surface area contributed by atoms with Crippen molar-refractivity contribution in [2.24, 2.45) is 5.92 Å². The molecule has 1 aliphatic rings. The van der Waals surface area contributed by atoms with E-state index >= 15 is 0 Å². The number of fused-ring (bicyclic) bond motifs is 1. The summed E-state index contributed by atoms with van der Waals surface area (Å²) < 4.78 is 37.9. The Bertz CT molecular complexity index is 957. The van der Waals surface area contributed by atoms with Crippen molar-refractivity contribution in [2.75, 3.05) is 25.1 Å². The largest absolute Gasteiger partial charge is 0.486 e. The average Bonchev–Trinajstić information content (AvgIpc) is 2.66. The molecule has 2 aromatic carbocycles. The van der Waals surface area contributed by atoms with Crippen LogP contribution in [0, 0.1) is 5.92 Å². The molecule has 1 heterocycles. The van der Waals surface area contributed by atoms with Crippen LogP contribution in [-0.4, -0.2) is 34.1 Å². The number of sulfonamides is 1. The molecule has 150 valence electrons. The molecule has 3 rings (SSSR count). The topological polar surface area (TPSA) is 93.7 Å². The molecule has 0 spiro atoms. The zero-order chi connectivity index (χ0) is 20.1. The number of amides is 1. The third kappa shape index (κ3) is 5.46. The maximum Gasteiger partial charge on any atom is 0.255 e. The van der Waals surface area contributed by atoms with E-state index in [9.17, 15) is 13.2 Å². The molecule has 0 saturated heterocycles. The van der Waals surface area contributed by atoms with Crippen LogP contribution in [0.4, 0.5) is 5.69 Å². The molecule has 8 heteroatoms. The fourth-order valence-electron chi connectivity index (χ4n) is 2.69. The zero-order valence-corrected chi connectivity index (χ0v) is 16.7. The van der Waals surface area contributed by atoms with E-state index in [-0.39, 0.29) is 17.6 Å². The molecule has 7 nitrogen and oxygen atoms in total. The number of benzene rings is 2. The zero-order valence-electron chi connectivity index (χ0n) is 15.9. The second-order valence-electron chi connectivity index (χ2n) is 7.01. The summed E-state index contributed by atoms with van der Waals surface area (Å²) in [5, 5.41) is 2.79. The van der Waals surface area contributed by atoms with Gasteiger partial charge in [-0.3, -0.25) is 4.79 Å². The van der Waals surface area contributed by atoms with Gasteiger partial charge in [0.05, 0.1) is 5.75 Å². The smallest absolute Gasteiger partial charge is 0.255 e. The Morgan fingerprint density at radius 2 is 1.82 bits per heavy atom. The minimum Gasteiger partial charge on any atom is -0.486 e. The van der Waals surface area contributed by atoms with Crippen LogP contribution >= 0.6 is 0 Å². The summed E-state index contributed by atoms with van der Waals surface area (Å²) in [5.41, 5.74) is 1.55. The average molecular weight is 404 g/mol. The lowest BCUT2D eigenvalue weighted by Gasteiger charge is -2.18. The number of ether oxygens (including phenoxy) is 2. The van der Waals surface area contributed by atoms with Crippen molar-refractivity contribution in [1.82, 2.24) is 4.72 Å². The van der Waals surface area contributed by atoms with Crippen LogP contribution in [0.1, 0.15) is 29.8 Å². The van der Waals surface area contributed by atoms with Gasteiger partial charge in [0.25, 0.3) is 5.91 Å². The van der Waals surface area contributed by atoms with Crippen molar-refractivity contribution in [3.8, 4) is 11.5 Å². The van der Waals surface area contributed by atoms with Crippen LogP contribution in [0.3, 0.4) is 0 Å². The lowest BCUT2D eigenvalue weighted by atomic mass is 10.1. The standard InChI is InChI=1S/C20H24N2O5S/c1-14(2)12-21-28(24,25)13-15-4-3-5-17(10-15)22-20(23)16-6-7-18-19(11-16)27-9-8-26-18/h3-7,10-11,14,21H,8-9,12-13H2,1-2H3,(H,22,23). The quantitative estimate of drug-likeness (QED) is 0.740. The fraction of sp³-hybridized carbons (Fsp3) is 0.350. The van der Waals surface area contributed by atoms with Crippen molar-refractivity contribution in [3.63, 3.8) is 0 Å². The van der Waals surface area contributed by atoms with Crippen molar-refractivity contribution in [2.45, 2.75) is 19.6 Å². The number of nitrogens with one attached hydrogen (secondary N) is 2. The molecule has 0 unspecified atom stereocenters. The fourth-order valence-corrected chi connectivity index (χ4v) is 4.00. The SMILES string of the molecule is CC(C)CNS(=O)(=O)Cc1cccc(NC(=O)c2ccc3c(c2)OCCO3)c1. The van der Waals surface area contributed by atoms with E-state index in [0.29, 0.717) is 48.1 Å². The van der Waals surface area contributed by atoms with E-state index in [1.54, 1.807) is 42.5 Å². The molecule has 0 bridgehead atoms. The predicted molar refractivity (Wildman–Crippen MR) is 107 cm³/mol. The van der Waals surface area contributed by atoms with Crippen molar-refractivity contribution in [3.05, 3.63) is 53.6 Å². The molecule has 0 fully saturated rings. The first kappa shape index (κ1) is 20.2. The number of rotatable bonds is 7. The van der Waals surface area contributed by atoms with Crippen LogP contribution < -0.4 is 19.5 Å². The normalized spacial score (nSPS) is 13.4. The van der Waals surface area contributed by atoms with E-state index in [4.69, 9.17) is 9.47 Å². The number of anilines is 1. The molecule has 0 saturated carbocycles. The molecule has 0 atom stereocenters. The molecule has 0 aliphatic carbocycles. The van der Waals surface area contributed by atoms with Crippen LogP contribution in [0.15, 0.2) is 42.5 Å². The Labute approximate surface area is 165 Å². The summed E-state index contributed by atoms with van der Waals surface area (Å²) >= 11 is 0. The van der Waals surface area contributed by atoms with Crippen LogP contribution in [0.25, 0.3) is 0 Å². The molecule has 2 N–H and O–H groups in total. The van der Waals surface area contributed by atoms with E-state index in [2.05, 4.69) is 10.0 Å². The second kappa shape index (κ2) is 8.62. The Morgan fingerprint density at radius 3 is 2.57 bits per heavy atom. The van der Waals surface area contributed by atoms with Gasteiger partial charge in [-0.1, -0.05) is 26.0 Å². The first-order valence-corrected chi connectivity index (χ1v) is 10.7. The van der Waals surface area contributed by atoms with Crippen LogP contribution in [-0.2, 0) is 15.8 Å². The summed E-state index contributed by atoms with van der Waals surface area (Å²) in [6, 6.07) is 11.8. The highest BCUT2D eigenvalue weighted by molar-refractivity contribution is 7.88. The Morgan fingerprint density at radius 1 is 1.07 bits per heavy atom. The third-order valence-corrected chi connectivity index (χ3v) is 5.38. The first-order chi connectivity index (χ1) is 13.3. The second-order valence-corrected chi connectivity index (χ2v) is 8.82. The molecule has 1 aliphatic heterocycles. The minimum atomic E-state index is -3.43. The van der Waals surface area contributed by atoms with Gasteiger partial charge in [-0.25, -0.2) is 13.1 Å². The molecule has 2 aromatic rings. The number of hydrogen-bond acceptors (Lipinski definition) is 5. The van der Waals surface area contributed by atoms with Gasteiger partial charge in [-0.15, -0.1) is 0 Å². The maximum atomic E-state index is 12.5. The monoisotopic (exact) mass is 404 g/mol. The minimum absolute atomic E-state index is 0.145. The van der Waals surface area contributed by atoms with Crippen molar-refractivity contribution < 1.29 is 22.7 Å². The summed E-state index contributed by atoms with van der Waals surface area (Å²) in [4.78, 5) is 12.5. The first-order valence-electron chi connectivity index (χ1n) is 9.10. The maximum absolute atomic E-state index is 12.5. The Kier molecular flexibility index (Phi) is 6.21. The summed E-state index contributed by atoms with van der Waals surface area (Å²) in [6.45, 7) is 5.20. The predicted octanol–water partition coefficient (Wildman–Crippen LogP) is 2.79. The van der Waals surface area contributed by atoms with E-state index in [1.165, 1.54) is 0 Å². The highest BCUT2D eigenvalue weighted by atomic mass is 32.2. The van der Waals surface area contributed by atoms with Gasteiger partial charge in [0.1, 0.15) is 13.2 Å². The van der Waals surface area contributed by atoms with Gasteiger partial charge < -0.3 is 14.8 Å². The van der Waals surface area contributed by atoms with E-state index in [1.807, 2.05) is 13.8 Å². The van der Waals surface area contributed by atoms with Gasteiger partial charge in [-0.2, -0.15) is 0 Å². The molecule has 28 heavy (non-hydrogen) atoms. The van der Waals surface area contributed by atoms with Gasteiger partial charge in [0, 0.05) is 17.8 Å². The Hall–Kier alpha value is -2.58. The van der Waals surface area contributed by atoms with Crippen molar-refractivity contribution in [1.29, 1.82) is 0 Å². The molecule has 0 radical (unpaired) electrons. The number of hydrogen-bond donors (Lipinski definition) is 2. The molecular weight excluding hydrogens is 380 g/mol. The van der Waals surface area contributed by atoms with Gasteiger partial charge >= 0.3 is 0 Å². The van der Waals surface area contributed by atoms with Crippen LogP contribution in [0.2, 0.25) is 0 Å². The molecule has 1 amide bonds. The van der Waals surface area contributed by atoms with Gasteiger partial charge in [0.15, 0.2) is 11.5 Å². The third-order valence-electron chi connectivity index (χ3n) is 4.06. The Balaban J connectivity index is 1.68. The van der Waals surface area contributed by atoms with Crippen molar-refractivity contribution >= 4 is 21.6 Å². The lowest BCUT2D eigenvalue weighted by Crippen LogP contribution is -2.28. The number of carbonyl (C=O) groups is 1. The van der Waals surface area contributed by atoms with E-state index < -0.39 is 10.0 Å². The number of carbonyl (C=O) groups excluding carboxylic acids is 1. The highest BCUT2D eigenvalue weighted by Crippen LogP contribution is 2.31. The van der Waals surface area contributed by atoms with Crippen LogP contribution in [0.5, 0.6) is 11.5 Å². The highest BCUT2D eigenvalue weighted by Gasteiger charge is 2.16. The van der Waals surface area contributed by atoms with Gasteiger partial charge in [0.2, 0.25) is 10.0 Å². The summed E-state index contributed by atoms with van der Waals surface area (Å²) in [7, 11) is -3.43.